The minimum Gasteiger partial charge on any atom is -0.326 e. The van der Waals surface area contributed by atoms with Crippen molar-refractivity contribution in [2.75, 3.05) is 18.4 Å². The van der Waals surface area contributed by atoms with Gasteiger partial charge >= 0.3 is 0 Å². The van der Waals surface area contributed by atoms with E-state index in [9.17, 15) is 4.79 Å². The van der Waals surface area contributed by atoms with Crippen molar-refractivity contribution in [3.63, 3.8) is 0 Å². The molecule has 0 aliphatic carbocycles. The molecule has 1 aliphatic rings. The summed E-state index contributed by atoms with van der Waals surface area (Å²) in [5.41, 5.74) is 2.03. The van der Waals surface area contributed by atoms with E-state index in [4.69, 9.17) is 0 Å². The summed E-state index contributed by atoms with van der Waals surface area (Å²) in [7, 11) is 0. The van der Waals surface area contributed by atoms with Crippen LogP contribution in [0, 0.1) is 18.8 Å². The number of carbonyl (C=O) groups is 1. The summed E-state index contributed by atoms with van der Waals surface area (Å²) in [4.78, 5) is 12.1. The van der Waals surface area contributed by atoms with Crippen molar-refractivity contribution in [2.24, 2.45) is 11.8 Å². The van der Waals surface area contributed by atoms with Gasteiger partial charge in [-0.2, -0.15) is 0 Å². The molecule has 2 N–H and O–H groups in total. The van der Waals surface area contributed by atoms with Crippen LogP contribution in [0.25, 0.3) is 0 Å². The Labute approximate surface area is 129 Å². The van der Waals surface area contributed by atoms with Gasteiger partial charge in [0.05, 0.1) is 0 Å². The van der Waals surface area contributed by atoms with Gasteiger partial charge in [-0.05, 0) is 62.4 Å². The number of amides is 1. The lowest BCUT2D eigenvalue weighted by Gasteiger charge is -2.28. The van der Waals surface area contributed by atoms with Crippen LogP contribution >= 0.6 is 15.9 Å². The second-order valence-corrected chi connectivity index (χ2v) is 6.65. The molecule has 2 atom stereocenters. The molecule has 1 saturated heterocycles. The highest BCUT2D eigenvalue weighted by Gasteiger charge is 2.22. The molecule has 1 heterocycles. The Morgan fingerprint density at radius 2 is 2.35 bits per heavy atom. The maximum absolute atomic E-state index is 12.1. The van der Waals surface area contributed by atoms with Crippen molar-refractivity contribution >= 4 is 27.5 Å². The molecule has 1 fully saturated rings. The average Bonchev–Trinajstić information content (AvgIpc) is 2.44. The molecule has 0 bridgehead atoms. The summed E-state index contributed by atoms with van der Waals surface area (Å²) in [6, 6.07) is 5.92. The maximum Gasteiger partial charge on any atom is 0.224 e. The number of aryl methyl sites for hydroxylation is 1. The van der Waals surface area contributed by atoms with Crippen molar-refractivity contribution in [1.82, 2.24) is 5.32 Å². The first-order valence-electron chi connectivity index (χ1n) is 7.33. The summed E-state index contributed by atoms with van der Waals surface area (Å²) in [6.07, 6.45) is 3.05. The Kier molecular flexibility index (Phi) is 5.61. The number of anilines is 1. The van der Waals surface area contributed by atoms with Gasteiger partial charge < -0.3 is 10.6 Å². The molecule has 1 aliphatic heterocycles. The zero-order valence-corrected chi connectivity index (χ0v) is 13.8. The van der Waals surface area contributed by atoms with Gasteiger partial charge in [-0.3, -0.25) is 4.79 Å². The fourth-order valence-corrected chi connectivity index (χ4v) is 3.08. The summed E-state index contributed by atoms with van der Waals surface area (Å²) in [6.45, 7) is 6.38. The van der Waals surface area contributed by atoms with E-state index in [0.717, 1.165) is 23.2 Å². The molecule has 1 aromatic carbocycles. The minimum absolute atomic E-state index is 0.110. The molecule has 1 aromatic rings. The number of nitrogens with one attached hydrogen (secondary N) is 2. The van der Waals surface area contributed by atoms with Crippen LogP contribution in [0.1, 0.15) is 31.7 Å². The lowest BCUT2D eigenvalue weighted by atomic mass is 9.85. The molecule has 0 radical (unpaired) electrons. The van der Waals surface area contributed by atoms with Gasteiger partial charge in [0.15, 0.2) is 0 Å². The Morgan fingerprint density at radius 3 is 3.00 bits per heavy atom. The first kappa shape index (κ1) is 15.5. The molecule has 0 spiro atoms. The predicted molar refractivity (Wildman–Crippen MR) is 86.9 cm³/mol. The summed E-state index contributed by atoms with van der Waals surface area (Å²) in [5, 5.41) is 6.41. The topological polar surface area (TPSA) is 41.1 Å². The number of carbonyl (C=O) groups excluding carboxylic acids is 1. The van der Waals surface area contributed by atoms with Gasteiger partial charge in [0.1, 0.15) is 0 Å². The number of hydrogen-bond acceptors (Lipinski definition) is 2. The van der Waals surface area contributed by atoms with Crippen molar-refractivity contribution in [3.05, 3.63) is 28.2 Å². The fraction of sp³-hybridized carbons (Fsp3) is 0.562. The third-order valence-corrected chi connectivity index (χ3v) is 4.96. The number of hydrogen-bond donors (Lipinski definition) is 2. The second-order valence-electron chi connectivity index (χ2n) is 5.80. The summed E-state index contributed by atoms with van der Waals surface area (Å²) < 4.78 is 1.03. The van der Waals surface area contributed by atoms with Crippen LogP contribution in [0.3, 0.4) is 0 Å². The van der Waals surface area contributed by atoms with Gasteiger partial charge in [-0.15, -0.1) is 0 Å². The molecular weight excluding hydrogens is 316 g/mol. The summed E-state index contributed by atoms with van der Waals surface area (Å²) >= 11 is 3.49. The molecule has 0 aromatic heterocycles. The van der Waals surface area contributed by atoms with E-state index in [1.54, 1.807) is 0 Å². The fourth-order valence-electron chi connectivity index (χ4n) is 2.71. The average molecular weight is 339 g/mol. The third-order valence-electron chi connectivity index (χ3n) is 4.10. The van der Waals surface area contributed by atoms with Crippen molar-refractivity contribution in [1.29, 1.82) is 0 Å². The van der Waals surface area contributed by atoms with E-state index in [2.05, 4.69) is 33.5 Å². The monoisotopic (exact) mass is 338 g/mol. The van der Waals surface area contributed by atoms with Gasteiger partial charge in [0.2, 0.25) is 5.91 Å². The normalized spacial score (nSPS) is 20.4. The smallest absolute Gasteiger partial charge is 0.224 e. The minimum atomic E-state index is 0.110. The Bertz CT molecular complexity index is 470. The highest BCUT2D eigenvalue weighted by Crippen LogP contribution is 2.24. The quantitative estimate of drug-likeness (QED) is 0.878. The van der Waals surface area contributed by atoms with Gasteiger partial charge in [0, 0.05) is 16.6 Å². The lowest BCUT2D eigenvalue weighted by molar-refractivity contribution is -0.117. The van der Waals surface area contributed by atoms with Crippen molar-refractivity contribution in [3.8, 4) is 0 Å². The van der Waals surface area contributed by atoms with E-state index in [0.29, 0.717) is 18.3 Å². The highest BCUT2D eigenvalue weighted by atomic mass is 79.9. The molecule has 4 heteroatoms. The summed E-state index contributed by atoms with van der Waals surface area (Å²) in [5.74, 6) is 1.16. The first-order valence-corrected chi connectivity index (χ1v) is 8.12. The van der Waals surface area contributed by atoms with E-state index in [1.807, 2.05) is 25.1 Å². The van der Waals surface area contributed by atoms with Gasteiger partial charge in [-0.25, -0.2) is 0 Å². The lowest BCUT2D eigenvalue weighted by Crippen LogP contribution is -2.34. The standard InChI is InChI=1S/C16H23BrN2O/c1-11-5-6-14(9-15(11)17)19-16(20)8-12(2)13-4-3-7-18-10-13/h5-6,9,12-13,18H,3-4,7-8,10H2,1-2H3,(H,19,20). The van der Waals surface area contributed by atoms with E-state index < -0.39 is 0 Å². The Morgan fingerprint density at radius 1 is 1.55 bits per heavy atom. The molecular formula is C16H23BrN2O. The number of piperidine rings is 1. The molecule has 110 valence electrons. The largest absolute Gasteiger partial charge is 0.326 e. The Hall–Kier alpha value is -0.870. The van der Waals surface area contributed by atoms with E-state index in [-0.39, 0.29) is 5.91 Å². The number of rotatable bonds is 4. The van der Waals surface area contributed by atoms with Crippen molar-refractivity contribution < 1.29 is 4.79 Å². The van der Waals surface area contributed by atoms with E-state index in [1.165, 1.54) is 18.4 Å². The van der Waals surface area contributed by atoms with Gasteiger partial charge in [-0.1, -0.05) is 28.9 Å². The second kappa shape index (κ2) is 7.23. The Balaban J connectivity index is 1.86. The van der Waals surface area contributed by atoms with E-state index >= 15 is 0 Å². The molecule has 1 amide bonds. The predicted octanol–water partition coefficient (Wildman–Crippen LogP) is 3.72. The van der Waals surface area contributed by atoms with Crippen LogP contribution in [-0.2, 0) is 4.79 Å². The van der Waals surface area contributed by atoms with Crippen LogP contribution in [0.4, 0.5) is 5.69 Å². The molecule has 2 rings (SSSR count). The van der Waals surface area contributed by atoms with Crippen LogP contribution in [0.2, 0.25) is 0 Å². The molecule has 2 unspecified atom stereocenters. The van der Waals surface area contributed by atoms with Gasteiger partial charge in [0.25, 0.3) is 0 Å². The number of halogens is 1. The van der Waals surface area contributed by atoms with Crippen LogP contribution in [-0.4, -0.2) is 19.0 Å². The maximum atomic E-state index is 12.1. The highest BCUT2D eigenvalue weighted by molar-refractivity contribution is 9.10. The number of benzene rings is 1. The zero-order chi connectivity index (χ0) is 14.5. The molecule has 3 nitrogen and oxygen atoms in total. The zero-order valence-electron chi connectivity index (χ0n) is 12.2. The SMILES string of the molecule is Cc1ccc(NC(=O)CC(C)C2CCCNC2)cc1Br. The van der Waals surface area contributed by atoms with Crippen molar-refractivity contribution in [2.45, 2.75) is 33.1 Å². The molecule has 0 saturated carbocycles. The first-order chi connectivity index (χ1) is 9.56. The van der Waals surface area contributed by atoms with Crippen LogP contribution in [0.15, 0.2) is 22.7 Å². The molecule has 20 heavy (non-hydrogen) atoms. The third kappa shape index (κ3) is 4.32. The van der Waals surface area contributed by atoms with Crippen LogP contribution < -0.4 is 10.6 Å². The van der Waals surface area contributed by atoms with Crippen LogP contribution in [0.5, 0.6) is 0 Å².